The first-order valence-corrected chi connectivity index (χ1v) is 9.15. The number of benzene rings is 3. The zero-order valence-electron chi connectivity index (χ0n) is 15.6. The van der Waals surface area contributed by atoms with Crippen molar-refractivity contribution in [1.82, 2.24) is 0 Å². The minimum absolute atomic E-state index is 0.0503. The van der Waals surface area contributed by atoms with Crippen molar-refractivity contribution in [2.24, 2.45) is 0 Å². The van der Waals surface area contributed by atoms with Gasteiger partial charge in [0.15, 0.2) is 5.78 Å². The van der Waals surface area contributed by atoms with Crippen LogP contribution in [0.5, 0.6) is 5.75 Å². The predicted octanol–water partition coefficient (Wildman–Crippen LogP) is 5.26. The van der Waals surface area contributed by atoms with Crippen molar-refractivity contribution in [2.45, 2.75) is 26.7 Å². The van der Waals surface area contributed by atoms with Crippen LogP contribution in [0.1, 0.15) is 51.3 Å². The Balaban J connectivity index is 1.68. The van der Waals surface area contributed by atoms with Crippen LogP contribution in [0.4, 0.5) is 0 Å². The molecule has 0 saturated carbocycles. The molecule has 0 aliphatic rings. The molecule has 0 radical (unpaired) electrons. The van der Waals surface area contributed by atoms with Crippen LogP contribution < -0.4 is 4.74 Å². The molecule has 136 valence electrons. The lowest BCUT2D eigenvalue weighted by Gasteiger charge is -2.07. The summed E-state index contributed by atoms with van der Waals surface area (Å²) in [7, 11) is 0. The highest BCUT2D eigenvalue weighted by Gasteiger charge is 2.11. The number of carbonyl (C=O) groups excluding carboxylic acids is 2. The Morgan fingerprint density at radius 1 is 0.630 bits per heavy atom. The summed E-state index contributed by atoms with van der Waals surface area (Å²) >= 11 is 0. The minimum atomic E-state index is -0.410. The monoisotopic (exact) mass is 358 g/mol. The van der Waals surface area contributed by atoms with Crippen molar-refractivity contribution in [3.63, 3.8) is 0 Å². The Hall–Kier alpha value is -3.20. The molecule has 27 heavy (non-hydrogen) atoms. The van der Waals surface area contributed by atoms with Gasteiger partial charge in [0.25, 0.3) is 0 Å². The topological polar surface area (TPSA) is 43.4 Å². The molecule has 0 spiro atoms. The third-order valence-corrected chi connectivity index (χ3v) is 4.55. The lowest BCUT2D eigenvalue weighted by Crippen LogP contribution is -2.09. The molecule has 0 N–H and O–H groups in total. The van der Waals surface area contributed by atoms with E-state index in [0.29, 0.717) is 22.4 Å². The molecule has 0 aliphatic heterocycles. The average Bonchev–Trinajstić information content (AvgIpc) is 2.74. The van der Waals surface area contributed by atoms with Crippen LogP contribution in [0.3, 0.4) is 0 Å². The summed E-state index contributed by atoms with van der Waals surface area (Å²) < 4.78 is 5.39. The lowest BCUT2D eigenvalue weighted by atomic mass is 10.0. The van der Waals surface area contributed by atoms with Gasteiger partial charge in [-0.05, 0) is 60.4 Å². The van der Waals surface area contributed by atoms with E-state index >= 15 is 0 Å². The highest BCUT2D eigenvalue weighted by molar-refractivity contribution is 6.09. The van der Waals surface area contributed by atoms with Gasteiger partial charge in [0, 0.05) is 11.1 Å². The van der Waals surface area contributed by atoms with E-state index in [1.807, 2.05) is 36.4 Å². The summed E-state index contributed by atoms with van der Waals surface area (Å²) in [6, 6.07) is 21.6. The second-order valence-electron chi connectivity index (χ2n) is 6.34. The van der Waals surface area contributed by atoms with Gasteiger partial charge in [0.05, 0.1) is 5.56 Å². The van der Waals surface area contributed by atoms with E-state index < -0.39 is 5.97 Å². The standard InChI is InChI=1S/C24H22O3/c1-3-17-5-9-19(10-6-17)23(25)20-13-15-22(16-14-20)27-24(26)21-11-7-18(4-2)8-12-21/h5-16H,3-4H2,1-2H3. The van der Waals surface area contributed by atoms with E-state index in [9.17, 15) is 9.59 Å². The van der Waals surface area contributed by atoms with E-state index in [0.717, 1.165) is 12.8 Å². The van der Waals surface area contributed by atoms with Crippen LogP contribution in [-0.4, -0.2) is 11.8 Å². The molecule has 3 heteroatoms. The normalized spacial score (nSPS) is 10.4. The van der Waals surface area contributed by atoms with Crippen LogP contribution in [0.15, 0.2) is 72.8 Å². The van der Waals surface area contributed by atoms with Crippen molar-refractivity contribution >= 4 is 11.8 Å². The molecule has 0 amide bonds. The quantitative estimate of drug-likeness (QED) is 0.343. The van der Waals surface area contributed by atoms with Crippen molar-refractivity contribution in [2.75, 3.05) is 0 Å². The van der Waals surface area contributed by atoms with Gasteiger partial charge >= 0.3 is 5.97 Å². The maximum atomic E-state index is 12.6. The zero-order chi connectivity index (χ0) is 19.2. The number of hydrogen-bond donors (Lipinski definition) is 0. The fourth-order valence-corrected chi connectivity index (χ4v) is 2.78. The van der Waals surface area contributed by atoms with E-state index in [1.54, 1.807) is 36.4 Å². The largest absolute Gasteiger partial charge is 0.423 e. The minimum Gasteiger partial charge on any atom is -0.423 e. The van der Waals surface area contributed by atoms with E-state index in [1.165, 1.54) is 11.1 Å². The maximum Gasteiger partial charge on any atom is 0.343 e. The van der Waals surface area contributed by atoms with Crippen molar-refractivity contribution in [1.29, 1.82) is 0 Å². The van der Waals surface area contributed by atoms with Crippen LogP contribution in [0, 0.1) is 0 Å². The first kappa shape index (κ1) is 18.6. The molecular formula is C24H22O3. The Morgan fingerprint density at radius 2 is 1.04 bits per heavy atom. The van der Waals surface area contributed by atoms with Gasteiger partial charge in [-0.25, -0.2) is 4.79 Å². The third kappa shape index (κ3) is 4.50. The number of ether oxygens (including phenoxy) is 1. The van der Waals surface area contributed by atoms with Gasteiger partial charge in [-0.1, -0.05) is 50.2 Å². The number of hydrogen-bond acceptors (Lipinski definition) is 3. The molecule has 0 bridgehead atoms. The summed E-state index contributed by atoms with van der Waals surface area (Å²) in [4.78, 5) is 24.8. The Labute approximate surface area is 159 Å². The molecule has 0 atom stereocenters. The first-order valence-electron chi connectivity index (χ1n) is 9.15. The van der Waals surface area contributed by atoms with E-state index in [2.05, 4.69) is 13.8 Å². The smallest absolute Gasteiger partial charge is 0.343 e. The molecule has 3 aromatic carbocycles. The molecule has 3 aromatic rings. The fraction of sp³-hybridized carbons (Fsp3) is 0.167. The van der Waals surface area contributed by atoms with Gasteiger partial charge in [-0.2, -0.15) is 0 Å². The van der Waals surface area contributed by atoms with Gasteiger partial charge in [-0.15, -0.1) is 0 Å². The van der Waals surface area contributed by atoms with Crippen LogP contribution in [-0.2, 0) is 12.8 Å². The maximum absolute atomic E-state index is 12.6. The molecule has 0 heterocycles. The Bertz CT molecular complexity index is 921. The average molecular weight is 358 g/mol. The summed E-state index contributed by atoms with van der Waals surface area (Å²) in [5.41, 5.74) is 4.07. The van der Waals surface area contributed by atoms with Crippen LogP contribution >= 0.6 is 0 Å². The predicted molar refractivity (Wildman–Crippen MR) is 106 cm³/mol. The lowest BCUT2D eigenvalue weighted by molar-refractivity contribution is 0.0734. The SMILES string of the molecule is CCc1ccc(C(=O)Oc2ccc(C(=O)c3ccc(CC)cc3)cc2)cc1. The number of rotatable bonds is 6. The molecule has 3 rings (SSSR count). The third-order valence-electron chi connectivity index (χ3n) is 4.55. The number of ketones is 1. The zero-order valence-corrected chi connectivity index (χ0v) is 15.6. The number of esters is 1. The molecule has 0 aliphatic carbocycles. The van der Waals surface area contributed by atoms with Crippen LogP contribution in [0.25, 0.3) is 0 Å². The fourth-order valence-electron chi connectivity index (χ4n) is 2.78. The number of carbonyl (C=O) groups is 2. The van der Waals surface area contributed by atoms with E-state index in [-0.39, 0.29) is 5.78 Å². The molecule has 0 unspecified atom stereocenters. The van der Waals surface area contributed by atoms with E-state index in [4.69, 9.17) is 4.74 Å². The van der Waals surface area contributed by atoms with Gasteiger partial charge in [0.1, 0.15) is 5.75 Å². The van der Waals surface area contributed by atoms with Crippen molar-refractivity contribution in [3.05, 3.63) is 101 Å². The van der Waals surface area contributed by atoms with Gasteiger partial charge < -0.3 is 4.74 Å². The molecule has 0 aromatic heterocycles. The highest BCUT2D eigenvalue weighted by Crippen LogP contribution is 2.18. The van der Waals surface area contributed by atoms with Crippen molar-refractivity contribution < 1.29 is 14.3 Å². The first-order chi connectivity index (χ1) is 13.1. The highest BCUT2D eigenvalue weighted by atomic mass is 16.5. The molecule has 0 fully saturated rings. The molecule has 0 saturated heterocycles. The van der Waals surface area contributed by atoms with Crippen LogP contribution in [0.2, 0.25) is 0 Å². The molecule has 3 nitrogen and oxygen atoms in total. The van der Waals surface area contributed by atoms with Gasteiger partial charge in [0.2, 0.25) is 0 Å². The summed E-state index contributed by atoms with van der Waals surface area (Å²) in [5, 5.41) is 0. The Morgan fingerprint density at radius 3 is 1.48 bits per heavy atom. The molecular weight excluding hydrogens is 336 g/mol. The summed E-state index contributed by atoms with van der Waals surface area (Å²) in [6.45, 7) is 4.14. The second kappa shape index (κ2) is 8.45. The van der Waals surface area contributed by atoms with Crippen molar-refractivity contribution in [3.8, 4) is 5.75 Å². The Kier molecular flexibility index (Phi) is 5.82. The number of aryl methyl sites for hydroxylation is 2. The summed E-state index contributed by atoms with van der Waals surface area (Å²) in [6.07, 6.45) is 1.86. The second-order valence-corrected chi connectivity index (χ2v) is 6.34. The summed E-state index contributed by atoms with van der Waals surface area (Å²) in [5.74, 6) is -0.0463. The van der Waals surface area contributed by atoms with Gasteiger partial charge in [-0.3, -0.25) is 4.79 Å².